The van der Waals surface area contributed by atoms with Crippen LogP contribution in [-0.2, 0) is 0 Å². The number of rotatable bonds is 5. The highest BCUT2D eigenvalue weighted by Crippen LogP contribution is 2.36. The molecular weight excluding hydrogens is 196 g/mol. The number of aryl methyl sites for hydroxylation is 1. The average Bonchev–Trinajstić information content (AvgIpc) is 3.08. The van der Waals surface area contributed by atoms with Crippen LogP contribution in [0.2, 0.25) is 0 Å². The molecule has 3 N–H and O–H groups in total. The van der Waals surface area contributed by atoms with E-state index in [0.29, 0.717) is 6.04 Å². The zero-order chi connectivity index (χ0) is 11.5. The summed E-state index contributed by atoms with van der Waals surface area (Å²) in [6.07, 6.45) is 5.31. The summed E-state index contributed by atoms with van der Waals surface area (Å²) in [6, 6.07) is 6.80. The number of hydrogen-bond donors (Lipinski definition) is 2. The monoisotopic (exact) mass is 218 g/mol. The maximum Gasteiger partial charge on any atom is 0.0462 e. The van der Waals surface area contributed by atoms with Gasteiger partial charge >= 0.3 is 0 Å². The molecule has 16 heavy (non-hydrogen) atoms. The number of hydrogen-bond acceptors (Lipinski definition) is 2. The van der Waals surface area contributed by atoms with Crippen molar-refractivity contribution in [1.29, 1.82) is 0 Å². The second-order valence-corrected chi connectivity index (χ2v) is 5.03. The Kier molecular flexibility index (Phi) is 3.62. The number of hydrazine groups is 1. The summed E-state index contributed by atoms with van der Waals surface area (Å²) >= 11 is 0. The molecule has 0 spiro atoms. The van der Waals surface area contributed by atoms with Gasteiger partial charge in [-0.1, -0.05) is 31.0 Å². The van der Waals surface area contributed by atoms with Gasteiger partial charge < -0.3 is 0 Å². The second-order valence-electron chi connectivity index (χ2n) is 5.03. The molecule has 1 aromatic carbocycles. The highest BCUT2D eigenvalue weighted by atomic mass is 15.2. The lowest BCUT2D eigenvalue weighted by Crippen LogP contribution is -2.28. The Morgan fingerprint density at radius 3 is 2.75 bits per heavy atom. The summed E-state index contributed by atoms with van der Waals surface area (Å²) in [5.41, 5.74) is 7.06. The molecule has 0 aliphatic heterocycles. The first-order chi connectivity index (χ1) is 7.72. The van der Waals surface area contributed by atoms with E-state index in [1.807, 2.05) is 0 Å². The van der Waals surface area contributed by atoms with Gasteiger partial charge in [0.1, 0.15) is 0 Å². The van der Waals surface area contributed by atoms with Crippen molar-refractivity contribution in [2.75, 3.05) is 0 Å². The van der Waals surface area contributed by atoms with Crippen LogP contribution in [0.4, 0.5) is 0 Å². The first-order valence-electron chi connectivity index (χ1n) is 6.24. The standard InChI is InChI=1S/C14H22N2/c1-10-4-3-5-13(11(10)2)14(16-15)9-8-12-6-7-12/h3-5,12,14,16H,6-9,15H2,1-2H3. The predicted molar refractivity (Wildman–Crippen MR) is 67.9 cm³/mol. The largest absolute Gasteiger partial charge is 0.271 e. The van der Waals surface area contributed by atoms with Crippen LogP contribution >= 0.6 is 0 Å². The van der Waals surface area contributed by atoms with Crippen molar-refractivity contribution in [1.82, 2.24) is 5.43 Å². The topological polar surface area (TPSA) is 38.0 Å². The summed E-state index contributed by atoms with van der Waals surface area (Å²) in [4.78, 5) is 0. The molecular formula is C14H22N2. The van der Waals surface area contributed by atoms with E-state index in [1.165, 1.54) is 36.0 Å². The number of nitrogens with two attached hydrogens (primary N) is 1. The first kappa shape index (κ1) is 11.6. The van der Waals surface area contributed by atoms with Crippen LogP contribution in [0.15, 0.2) is 18.2 Å². The van der Waals surface area contributed by atoms with E-state index in [4.69, 9.17) is 5.84 Å². The summed E-state index contributed by atoms with van der Waals surface area (Å²) < 4.78 is 0. The lowest BCUT2D eigenvalue weighted by Gasteiger charge is -2.19. The van der Waals surface area contributed by atoms with Crippen LogP contribution in [0.3, 0.4) is 0 Å². The van der Waals surface area contributed by atoms with Crippen LogP contribution in [0, 0.1) is 19.8 Å². The van der Waals surface area contributed by atoms with E-state index in [-0.39, 0.29) is 0 Å². The van der Waals surface area contributed by atoms with Crippen molar-refractivity contribution in [3.8, 4) is 0 Å². The third kappa shape index (κ3) is 2.63. The molecule has 0 aromatic heterocycles. The van der Waals surface area contributed by atoms with Gasteiger partial charge in [-0.3, -0.25) is 11.3 Å². The average molecular weight is 218 g/mol. The van der Waals surface area contributed by atoms with Crippen LogP contribution in [0.5, 0.6) is 0 Å². The first-order valence-corrected chi connectivity index (χ1v) is 6.24. The molecule has 1 unspecified atom stereocenters. The Balaban J connectivity index is 2.08. The van der Waals surface area contributed by atoms with E-state index >= 15 is 0 Å². The lowest BCUT2D eigenvalue weighted by molar-refractivity contribution is 0.480. The SMILES string of the molecule is Cc1cccc(C(CCC2CC2)NN)c1C. The molecule has 1 aliphatic carbocycles. The van der Waals surface area contributed by atoms with Crippen LogP contribution in [0.1, 0.15) is 48.4 Å². The van der Waals surface area contributed by atoms with Crippen LogP contribution < -0.4 is 11.3 Å². The highest BCUT2D eigenvalue weighted by molar-refractivity contribution is 5.35. The zero-order valence-electron chi connectivity index (χ0n) is 10.3. The van der Waals surface area contributed by atoms with Crippen molar-refractivity contribution >= 4 is 0 Å². The predicted octanol–water partition coefficient (Wildman–Crippen LogP) is 3.00. The fraction of sp³-hybridized carbons (Fsp3) is 0.571. The minimum Gasteiger partial charge on any atom is -0.271 e. The van der Waals surface area contributed by atoms with E-state index in [9.17, 15) is 0 Å². The fourth-order valence-corrected chi connectivity index (χ4v) is 2.29. The van der Waals surface area contributed by atoms with E-state index < -0.39 is 0 Å². The smallest absolute Gasteiger partial charge is 0.0462 e. The Bertz CT molecular complexity index is 356. The van der Waals surface area contributed by atoms with E-state index in [1.54, 1.807) is 0 Å². The molecule has 2 nitrogen and oxygen atoms in total. The van der Waals surface area contributed by atoms with Crippen molar-refractivity contribution in [3.63, 3.8) is 0 Å². The molecule has 1 fully saturated rings. The molecule has 0 heterocycles. The minimum absolute atomic E-state index is 0.320. The minimum atomic E-state index is 0.320. The van der Waals surface area contributed by atoms with Gasteiger partial charge in [-0.25, -0.2) is 0 Å². The highest BCUT2D eigenvalue weighted by Gasteiger charge is 2.23. The fourth-order valence-electron chi connectivity index (χ4n) is 2.29. The van der Waals surface area contributed by atoms with Crippen molar-refractivity contribution in [2.45, 2.75) is 45.6 Å². The van der Waals surface area contributed by atoms with Gasteiger partial charge in [-0.2, -0.15) is 0 Å². The maximum absolute atomic E-state index is 5.68. The molecule has 1 atom stereocenters. The molecule has 2 rings (SSSR count). The van der Waals surface area contributed by atoms with Gasteiger partial charge in [-0.05, 0) is 49.3 Å². The van der Waals surface area contributed by atoms with Gasteiger partial charge in [0, 0.05) is 6.04 Å². The van der Waals surface area contributed by atoms with Gasteiger partial charge in [0.15, 0.2) is 0 Å². The Labute approximate surface area is 98.2 Å². The lowest BCUT2D eigenvalue weighted by atomic mass is 9.94. The van der Waals surface area contributed by atoms with Gasteiger partial charge in [0.2, 0.25) is 0 Å². The molecule has 1 saturated carbocycles. The number of benzene rings is 1. The normalized spacial score (nSPS) is 17.4. The molecule has 1 aromatic rings. The quantitative estimate of drug-likeness (QED) is 0.589. The Morgan fingerprint density at radius 2 is 2.12 bits per heavy atom. The summed E-state index contributed by atoms with van der Waals surface area (Å²) in [5.74, 6) is 6.65. The van der Waals surface area contributed by atoms with Crippen molar-refractivity contribution in [3.05, 3.63) is 34.9 Å². The second kappa shape index (κ2) is 4.98. The molecule has 2 heteroatoms. The molecule has 0 saturated heterocycles. The Hall–Kier alpha value is -0.860. The van der Waals surface area contributed by atoms with E-state index in [0.717, 1.165) is 12.3 Å². The molecule has 1 aliphatic rings. The van der Waals surface area contributed by atoms with Crippen molar-refractivity contribution < 1.29 is 0 Å². The van der Waals surface area contributed by atoms with Crippen molar-refractivity contribution in [2.24, 2.45) is 11.8 Å². The molecule has 0 bridgehead atoms. The maximum atomic E-state index is 5.68. The third-order valence-electron chi connectivity index (χ3n) is 3.78. The summed E-state index contributed by atoms with van der Waals surface area (Å²) in [6.45, 7) is 4.35. The Morgan fingerprint density at radius 1 is 1.38 bits per heavy atom. The van der Waals surface area contributed by atoms with Gasteiger partial charge in [0.25, 0.3) is 0 Å². The molecule has 88 valence electrons. The summed E-state index contributed by atoms with van der Waals surface area (Å²) in [7, 11) is 0. The van der Waals surface area contributed by atoms with Gasteiger partial charge in [0.05, 0.1) is 0 Å². The molecule has 0 amide bonds. The van der Waals surface area contributed by atoms with Crippen LogP contribution in [-0.4, -0.2) is 0 Å². The third-order valence-corrected chi connectivity index (χ3v) is 3.78. The zero-order valence-corrected chi connectivity index (χ0v) is 10.3. The molecule has 0 radical (unpaired) electrons. The van der Waals surface area contributed by atoms with Gasteiger partial charge in [-0.15, -0.1) is 0 Å². The van der Waals surface area contributed by atoms with Crippen LogP contribution in [0.25, 0.3) is 0 Å². The summed E-state index contributed by atoms with van der Waals surface area (Å²) in [5, 5.41) is 0. The number of nitrogens with one attached hydrogen (secondary N) is 1. The van der Waals surface area contributed by atoms with E-state index in [2.05, 4.69) is 37.5 Å².